The molecule has 1 aliphatic heterocycles. The fourth-order valence-corrected chi connectivity index (χ4v) is 4.83. The number of hydrogen-bond acceptors (Lipinski definition) is 4. The first kappa shape index (κ1) is 18.9. The van der Waals surface area contributed by atoms with E-state index in [9.17, 15) is 5.11 Å². The molecule has 2 aliphatic rings. The van der Waals surface area contributed by atoms with Crippen molar-refractivity contribution in [3.05, 3.63) is 57.6 Å². The Kier molecular flexibility index (Phi) is 5.51. The summed E-state index contributed by atoms with van der Waals surface area (Å²) in [6.45, 7) is 3.60. The molecule has 0 spiro atoms. The number of aliphatic hydroxyl groups is 1. The van der Waals surface area contributed by atoms with Gasteiger partial charge in [-0.05, 0) is 41.8 Å². The Labute approximate surface area is 170 Å². The Balaban J connectivity index is 1.48. The summed E-state index contributed by atoms with van der Waals surface area (Å²) in [5.41, 5.74) is 3.22. The number of rotatable bonds is 3. The van der Waals surface area contributed by atoms with Crippen LogP contribution in [0.3, 0.4) is 0 Å². The lowest BCUT2D eigenvalue weighted by atomic mass is 9.85. The number of halogens is 2. The lowest BCUT2D eigenvalue weighted by molar-refractivity contribution is 0.0395. The molecule has 4 nitrogen and oxygen atoms in total. The maximum absolute atomic E-state index is 10.8. The Morgan fingerprint density at radius 1 is 0.926 bits per heavy atom. The summed E-state index contributed by atoms with van der Waals surface area (Å²) in [7, 11) is 1.71. The fourth-order valence-electron chi connectivity index (χ4n) is 4.33. The largest absolute Gasteiger partial charge is 0.495 e. The van der Waals surface area contributed by atoms with Crippen LogP contribution >= 0.6 is 23.2 Å². The molecule has 0 radical (unpaired) electrons. The average molecular weight is 407 g/mol. The molecule has 1 saturated heterocycles. The summed E-state index contributed by atoms with van der Waals surface area (Å²) in [4.78, 5) is 4.74. The Hall–Kier alpha value is -1.46. The monoisotopic (exact) mass is 406 g/mol. The molecule has 6 heteroatoms. The summed E-state index contributed by atoms with van der Waals surface area (Å²) < 4.78 is 5.50. The molecule has 2 aromatic carbocycles. The number of nitrogens with zero attached hydrogens (tertiary/aromatic N) is 2. The number of hydrogen-bond donors (Lipinski definition) is 1. The third-order valence-corrected chi connectivity index (χ3v) is 6.50. The van der Waals surface area contributed by atoms with Gasteiger partial charge in [0, 0.05) is 48.7 Å². The van der Waals surface area contributed by atoms with E-state index in [2.05, 4.69) is 15.9 Å². The van der Waals surface area contributed by atoms with Crippen molar-refractivity contribution in [3.8, 4) is 5.75 Å². The van der Waals surface area contributed by atoms with E-state index in [1.165, 1.54) is 0 Å². The van der Waals surface area contributed by atoms with Crippen molar-refractivity contribution >= 4 is 28.9 Å². The number of ether oxygens (including phenoxy) is 1. The first-order valence-corrected chi connectivity index (χ1v) is 10.1. The van der Waals surface area contributed by atoms with Crippen LogP contribution in [0.15, 0.2) is 36.4 Å². The van der Waals surface area contributed by atoms with Crippen LogP contribution in [0.1, 0.15) is 11.1 Å². The second-order valence-corrected chi connectivity index (χ2v) is 8.04. The first-order valence-electron chi connectivity index (χ1n) is 9.34. The van der Waals surface area contributed by atoms with Crippen molar-refractivity contribution < 1.29 is 9.84 Å². The zero-order valence-corrected chi connectivity index (χ0v) is 16.9. The molecule has 144 valence electrons. The summed E-state index contributed by atoms with van der Waals surface area (Å²) in [6.07, 6.45) is 0.878. The van der Waals surface area contributed by atoms with E-state index in [0.29, 0.717) is 11.4 Å². The van der Waals surface area contributed by atoms with E-state index in [1.807, 2.05) is 30.3 Å². The molecule has 0 bridgehead atoms. The number of aliphatic hydroxyl groups excluding tert-OH is 1. The maximum Gasteiger partial charge on any atom is 0.142 e. The van der Waals surface area contributed by atoms with E-state index < -0.39 is 6.10 Å². The van der Waals surface area contributed by atoms with Crippen molar-refractivity contribution in [3.63, 3.8) is 0 Å². The Morgan fingerprint density at radius 2 is 1.56 bits per heavy atom. The molecule has 0 aromatic heterocycles. The van der Waals surface area contributed by atoms with Crippen LogP contribution in [0.2, 0.25) is 10.0 Å². The topological polar surface area (TPSA) is 35.9 Å². The van der Waals surface area contributed by atoms with Gasteiger partial charge in [0.1, 0.15) is 5.75 Å². The van der Waals surface area contributed by atoms with Gasteiger partial charge in [-0.1, -0.05) is 35.3 Å². The quantitative estimate of drug-likeness (QED) is 0.843. The smallest absolute Gasteiger partial charge is 0.142 e. The van der Waals surface area contributed by atoms with E-state index in [-0.39, 0.29) is 6.04 Å². The Morgan fingerprint density at radius 3 is 2.22 bits per heavy atom. The van der Waals surface area contributed by atoms with Gasteiger partial charge in [-0.2, -0.15) is 0 Å². The second kappa shape index (κ2) is 7.88. The highest BCUT2D eigenvalue weighted by molar-refractivity contribution is 6.34. The van der Waals surface area contributed by atoms with Gasteiger partial charge < -0.3 is 14.7 Å². The van der Waals surface area contributed by atoms with E-state index in [0.717, 1.165) is 60.2 Å². The summed E-state index contributed by atoms with van der Waals surface area (Å²) in [5.74, 6) is 0.902. The predicted octanol–water partition coefficient (Wildman–Crippen LogP) is 3.65. The van der Waals surface area contributed by atoms with E-state index in [4.69, 9.17) is 27.9 Å². The molecule has 1 heterocycles. The zero-order valence-electron chi connectivity index (χ0n) is 15.4. The number of anilines is 1. The van der Waals surface area contributed by atoms with Gasteiger partial charge in [-0.15, -0.1) is 0 Å². The van der Waals surface area contributed by atoms with Crippen molar-refractivity contribution in [1.29, 1.82) is 0 Å². The summed E-state index contributed by atoms with van der Waals surface area (Å²) in [6, 6.07) is 11.9. The molecular formula is C21H24Cl2N2O2. The van der Waals surface area contributed by atoms with Crippen LogP contribution in [-0.2, 0) is 12.8 Å². The fraction of sp³-hybridized carbons (Fsp3) is 0.429. The number of para-hydroxylation sites is 2. The normalized spacial score (nSPS) is 23.2. The predicted molar refractivity (Wildman–Crippen MR) is 110 cm³/mol. The van der Waals surface area contributed by atoms with Crippen LogP contribution in [-0.4, -0.2) is 55.4 Å². The highest BCUT2D eigenvalue weighted by atomic mass is 35.5. The van der Waals surface area contributed by atoms with Gasteiger partial charge in [0.2, 0.25) is 0 Å². The lowest BCUT2D eigenvalue weighted by Crippen LogP contribution is -2.56. The molecule has 2 aromatic rings. The molecule has 1 fully saturated rings. The van der Waals surface area contributed by atoms with Gasteiger partial charge in [0.25, 0.3) is 0 Å². The van der Waals surface area contributed by atoms with Crippen LogP contribution in [0.25, 0.3) is 0 Å². The van der Waals surface area contributed by atoms with E-state index >= 15 is 0 Å². The number of benzene rings is 2. The second-order valence-electron chi connectivity index (χ2n) is 7.22. The standard InChI is InChI=1S/C21H24Cl2N2O2/c1-27-21-5-3-2-4-18(21)24-8-10-25(11-9-24)19-12-14-15(13-20(19)26)17(23)7-6-16(14)22/h2-7,19-20,26H,8-13H2,1H3. The van der Waals surface area contributed by atoms with E-state index in [1.54, 1.807) is 7.11 Å². The van der Waals surface area contributed by atoms with Crippen LogP contribution in [0.5, 0.6) is 5.75 Å². The Bertz CT molecular complexity index is 822. The third kappa shape index (κ3) is 3.64. The van der Waals surface area contributed by atoms with Crippen LogP contribution in [0, 0.1) is 0 Å². The minimum atomic E-state index is -0.425. The summed E-state index contributed by atoms with van der Waals surface area (Å²) >= 11 is 12.7. The number of piperazine rings is 1. The van der Waals surface area contributed by atoms with Crippen LogP contribution in [0.4, 0.5) is 5.69 Å². The lowest BCUT2D eigenvalue weighted by Gasteiger charge is -2.44. The molecule has 2 unspecified atom stereocenters. The van der Waals surface area contributed by atoms with Crippen molar-refractivity contribution in [2.45, 2.75) is 25.0 Å². The molecular weight excluding hydrogens is 383 g/mol. The molecule has 27 heavy (non-hydrogen) atoms. The van der Waals surface area contributed by atoms with Gasteiger partial charge in [-0.3, -0.25) is 4.90 Å². The van der Waals surface area contributed by atoms with Crippen LogP contribution < -0.4 is 9.64 Å². The van der Waals surface area contributed by atoms with Gasteiger partial charge in [-0.25, -0.2) is 0 Å². The average Bonchev–Trinajstić information content (AvgIpc) is 2.71. The van der Waals surface area contributed by atoms with Gasteiger partial charge in [0.05, 0.1) is 18.9 Å². The molecule has 2 atom stereocenters. The molecule has 1 aliphatic carbocycles. The van der Waals surface area contributed by atoms with Gasteiger partial charge >= 0.3 is 0 Å². The summed E-state index contributed by atoms with van der Waals surface area (Å²) in [5, 5.41) is 12.2. The highest BCUT2D eigenvalue weighted by Gasteiger charge is 2.35. The first-order chi connectivity index (χ1) is 13.1. The van der Waals surface area contributed by atoms with Crippen molar-refractivity contribution in [2.24, 2.45) is 0 Å². The van der Waals surface area contributed by atoms with Crippen molar-refractivity contribution in [1.82, 2.24) is 4.90 Å². The molecule has 0 saturated carbocycles. The minimum Gasteiger partial charge on any atom is -0.495 e. The molecule has 1 N–H and O–H groups in total. The van der Waals surface area contributed by atoms with Gasteiger partial charge in [0.15, 0.2) is 0 Å². The SMILES string of the molecule is COc1ccccc1N1CCN(C2Cc3c(Cl)ccc(Cl)c3CC2O)CC1. The van der Waals surface area contributed by atoms with Crippen molar-refractivity contribution in [2.75, 3.05) is 38.2 Å². The zero-order chi connectivity index (χ0) is 19.0. The number of methoxy groups -OCH3 is 1. The third-order valence-electron chi connectivity index (χ3n) is 5.80. The highest BCUT2D eigenvalue weighted by Crippen LogP contribution is 2.35. The molecule has 0 amide bonds. The maximum atomic E-state index is 10.8. The number of fused-ring (bicyclic) bond motifs is 1. The minimum absolute atomic E-state index is 0.0771. The molecule has 4 rings (SSSR count).